The van der Waals surface area contributed by atoms with Gasteiger partial charge in [0.25, 0.3) is 5.91 Å². The Kier molecular flexibility index (Phi) is 3.99. The summed E-state index contributed by atoms with van der Waals surface area (Å²) in [7, 11) is 0. The second kappa shape index (κ2) is 5.37. The number of aliphatic hydroxyl groups excluding tert-OH is 1. The second-order valence-corrected chi connectivity index (χ2v) is 5.65. The van der Waals surface area contributed by atoms with Gasteiger partial charge in [0.1, 0.15) is 5.76 Å². The number of amides is 1. The van der Waals surface area contributed by atoms with Crippen molar-refractivity contribution in [2.45, 2.75) is 40.0 Å². The van der Waals surface area contributed by atoms with Gasteiger partial charge < -0.3 is 14.4 Å². The zero-order valence-electron chi connectivity index (χ0n) is 12.0. The van der Waals surface area contributed by atoms with E-state index in [4.69, 9.17) is 4.42 Å². The van der Waals surface area contributed by atoms with Crippen LogP contribution in [-0.2, 0) is 0 Å². The Morgan fingerprint density at radius 2 is 2.05 bits per heavy atom. The first-order chi connectivity index (χ1) is 9.01. The predicted molar refractivity (Wildman–Crippen MR) is 73.1 cm³/mol. The zero-order valence-corrected chi connectivity index (χ0v) is 12.0. The molecule has 1 aromatic rings. The molecule has 1 aromatic heterocycles. The van der Waals surface area contributed by atoms with Gasteiger partial charge in [0.15, 0.2) is 5.76 Å². The van der Waals surface area contributed by atoms with Crippen molar-refractivity contribution in [1.29, 1.82) is 0 Å². The maximum absolute atomic E-state index is 12.3. The Balaban J connectivity index is 2.03. The lowest BCUT2D eigenvalue weighted by molar-refractivity contribution is 0.0319. The lowest BCUT2D eigenvalue weighted by Gasteiger charge is -2.39. The molecule has 0 bridgehead atoms. The fraction of sp³-hybridized carbons (Fsp3) is 0.667. The van der Waals surface area contributed by atoms with E-state index in [1.54, 1.807) is 0 Å². The van der Waals surface area contributed by atoms with Gasteiger partial charge in [-0.15, -0.1) is 0 Å². The van der Waals surface area contributed by atoms with Crippen molar-refractivity contribution in [3.05, 3.63) is 23.2 Å². The first kappa shape index (κ1) is 14.1. The van der Waals surface area contributed by atoms with Crippen LogP contribution in [-0.4, -0.2) is 35.6 Å². The minimum absolute atomic E-state index is 0.00573. The number of carbonyl (C=O) groups is 1. The standard InChI is InChI=1S/C15H23NO3/c1-4-15(10-17)5-7-16(8-6-15)14(18)13-9-11(2)12(3)19-13/h9,17H,4-8,10H2,1-3H3. The summed E-state index contributed by atoms with van der Waals surface area (Å²) >= 11 is 0. The van der Waals surface area contributed by atoms with Gasteiger partial charge in [-0.1, -0.05) is 6.92 Å². The lowest BCUT2D eigenvalue weighted by Crippen LogP contribution is -2.44. The second-order valence-electron chi connectivity index (χ2n) is 5.65. The van der Waals surface area contributed by atoms with Crippen LogP contribution in [0.2, 0.25) is 0 Å². The van der Waals surface area contributed by atoms with Gasteiger partial charge in [0, 0.05) is 19.7 Å². The van der Waals surface area contributed by atoms with Crippen LogP contribution in [0.25, 0.3) is 0 Å². The van der Waals surface area contributed by atoms with Gasteiger partial charge in [-0.2, -0.15) is 0 Å². The number of carbonyl (C=O) groups excluding carboxylic acids is 1. The normalized spacial score (nSPS) is 18.6. The van der Waals surface area contributed by atoms with E-state index < -0.39 is 0 Å². The van der Waals surface area contributed by atoms with Gasteiger partial charge in [0.2, 0.25) is 0 Å². The van der Waals surface area contributed by atoms with E-state index in [2.05, 4.69) is 6.92 Å². The van der Waals surface area contributed by atoms with Crippen molar-refractivity contribution in [3.63, 3.8) is 0 Å². The smallest absolute Gasteiger partial charge is 0.289 e. The molecule has 1 aliphatic heterocycles. The van der Waals surface area contributed by atoms with E-state index in [0.717, 1.165) is 30.6 Å². The molecule has 0 saturated carbocycles. The minimum Gasteiger partial charge on any atom is -0.456 e. The number of likely N-dealkylation sites (tertiary alicyclic amines) is 1. The van der Waals surface area contributed by atoms with Crippen LogP contribution >= 0.6 is 0 Å². The van der Waals surface area contributed by atoms with Crippen molar-refractivity contribution < 1.29 is 14.3 Å². The Labute approximate surface area is 114 Å². The number of piperidine rings is 1. The van der Waals surface area contributed by atoms with Crippen molar-refractivity contribution >= 4 is 5.91 Å². The molecule has 2 heterocycles. The molecule has 1 fully saturated rings. The average Bonchev–Trinajstić information content (AvgIpc) is 2.78. The van der Waals surface area contributed by atoms with Crippen LogP contribution in [0.4, 0.5) is 0 Å². The van der Waals surface area contributed by atoms with Crippen molar-refractivity contribution in [3.8, 4) is 0 Å². The van der Waals surface area contributed by atoms with Crippen molar-refractivity contribution in [2.24, 2.45) is 5.41 Å². The molecular weight excluding hydrogens is 242 g/mol. The van der Waals surface area contributed by atoms with Crippen LogP contribution in [0.1, 0.15) is 48.1 Å². The van der Waals surface area contributed by atoms with E-state index in [1.807, 2.05) is 24.8 Å². The Morgan fingerprint density at radius 1 is 1.42 bits per heavy atom. The summed E-state index contributed by atoms with van der Waals surface area (Å²) in [6.07, 6.45) is 2.69. The molecule has 1 saturated heterocycles. The zero-order chi connectivity index (χ0) is 14.0. The highest BCUT2D eigenvalue weighted by Crippen LogP contribution is 2.34. The Bertz CT molecular complexity index is 430. The van der Waals surface area contributed by atoms with Crippen LogP contribution in [0.3, 0.4) is 0 Å². The molecule has 4 nitrogen and oxygen atoms in total. The summed E-state index contributed by atoms with van der Waals surface area (Å²) < 4.78 is 5.49. The minimum atomic E-state index is -0.0288. The molecule has 2 rings (SSSR count). The third kappa shape index (κ3) is 2.68. The molecule has 0 radical (unpaired) electrons. The van der Waals surface area contributed by atoms with Crippen molar-refractivity contribution in [2.75, 3.05) is 19.7 Å². The van der Waals surface area contributed by atoms with Gasteiger partial charge in [-0.25, -0.2) is 0 Å². The van der Waals surface area contributed by atoms with E-state index in [-0.39, 0.29) is 17.9 Å². The summed E-state index contributed by atoms with van der Waals surface area (Å²) in [5, 5.41) is 9.50. The number of hydrogen-bond donors (Lipinski definition) is 1. The molecule has 106 valence electrons. The Morgan fingerprint density at radius 3 is 2.47 bits per heavy atom. The molecule has 0 aromatic carbocycles. The van der Waals surface area contributed by atoms with Crippen LogP contribution in [0.15, 0.2) is 10.5 Å². The molecule has 0 aliphatic carbocycles. The average molecular weight is 265 g/mol. The quantitative estimate of drug-likeness (QED) is 0.913. The van der Waals surface area contributed by atoms with E-state index in [1.165, 1.54) is 0 Å². The van der Waals surface area contributed by atoms with Gasteiger partial charge in [-0.05, 0) is 50.2 Å². The molecule has 1 amide bonds. The summed E-state index contributed by atoms with van der Waals surface area (Å²) in [5.74, 6) is 1.21. The number of furan rings is 1. The fourth-order valence-corrected chi connectivity index (χ4v) is 2.64. The van der Waals surface area contributed by atoms with E-state index in [0.29, 0.717) is 18.8 Å². The molecule has 19 heavy (non-hydrogen) atoms. The number of aliphatic hydroxyl groups is 1. The molecular formula is C15H23NO3. The van der Waals surface area contributed by atoms with Gasteiger partial charge >= 0.3 is 0 Å². The summed E-state index contributed by atoms with van der Waals surface area (Å²) in [6, 6.07) is 1.81. The van der Waals surface area contributed by atoms with E-state index in [9.17, 15) is 9.90 Å². The highest BCUT2D eigenvalue weighted by molar-refractivity contribution is 5.91. The summed E-state index contributed by atoms with van der Waals surface area (Å²) in [5.41, 5.74) is 1.02. The van der Waals surface area contributed by atoms with Crippen molar-refractivity contribution in [1.82, 2.24) is 4.90 Å². The maximum atomic E-state index is 12.3. The van der Waals surface area contributed by atoms with Gasteiger partial charge in [-0.3, -0.25) is 4.79 Å². The number of aryl methyl sites for hydroxylation is 2. The summed E-state index contributed by atoms with van der Waals surface area (Å²) in [4.78, 5) is 14.2. The van der Waals surface area contributed by atoms with Gasteiger partial charge in [0.05, 0.1) is 0 Å². The predicted octanol–water partition coefficient (Wildman–Crippen LogP) is 2.52. The third-order valence-corrected chi connectivity index (χ3v) is 4.57. The highest BCUT2D eigenvalue weighted by Gasteiger charge is 2.34. The van der Waals surface area contributed by atoms with E-state index >= 15 is 0 Å². The SMILES string of the molecule is CCC1(CO)CCN(C(=O)c2cc(C)c(C)o2)CC1. The number of nitrogens with zero attached hydrogens (tertiary/aromatic N) is 1. The van der Waals surface area contributed by atoms with Crippen LogP contribution in [0, 0.1) is 19.3 Å². The molecule has 0 spiro atoms. The first-order valence-corrected chi connectivity index (χ1v) is 6.98. The monoisotopic (exact) mass is 265 g/mol. The maximum Gasteiger partial charge on any atom is 0.289 e. The Hall–Kier alpha value is -1.29. The number of rotatable bonds is 3. The molecule has 1 aliphatic rings. The number of hydrogen-bond acceptors (Lipinski definition) is 3. The molecule has 1 N–H and O–H groups in total. The fourth-order valence-electron chi connectivity index (χ4n) is 2.64. The largest absolute Gasteiger partial charge is 0.456 e. The highest BCUT2D eigenvalue weighted by atomic mass is 16.4. The summed E-state index contributed by atoms with van der Waals surface area (Å²) in [6.45, 7) is 7.53. The van der Waals surface area contributed by atoms with Crippen LogP contribution < -0.4 is 0 Å². The molecule has 0 unspecified atom stereocenters. The molecule has 4 heteroatoms. The first-order valence-electron chi connectivity index (χ1n) is 6.98. The third-order valence-electron chi connectivity index (χ3n) is 4.57. The topological polar surface area (TPSA) is 53.7 Å². The van der Waals surface area contributed by atoms with Crippen LogP contribution in [0.5, 0.6) is 0 Å². The molecule has 0 atom stereocenters. The lowest BCUT2D eigenvalue weighted by atomic mass is 9.77.